The van der Waals surface area contributed by atoms with E-state index in [1.807, 2.05) is 0 Å². The van der Waals surface area contributed by atoms with Crippen molar-refractivity contribution in [2.45, 2.75) is 291 Å². The third-order valence-corrected chi connectivity index (χ3v) is 11.7. The zero-order valence-electron chi connectivity index (χ0n) is 39.7. The molecule has 0 aliphatic heterocycles. The number of carbonyl (C=O) groups is 3. The Morgan fingerprint density at radius 1 is 0.328 bits per heavy atom. The van der Waals surface area contributed by atoms with E-state index in [2.05, 4.69) is 34.6 Å². The van der Waals surface area contributed by atoms with E-state index >= 15 is 0 Å². The highest BCUT2D eigenvalue weighted by Crippen LogP contribution is 2.17. The highest BCUT2D eigenvalue weighted by molar-refractivity contribution is 5.71. The minimum Gasteiger partial charge on any atom is -0.462 e. The van der Waals surface area contributed by atoms with Crippen LogP contribution >= 0.6 is 0 Å². The monoisotopic (exact) mass is 821 g/mol. The molecule has 0 unspecified atom stereocenters. The van der Waals surface area contributed by atoms with Gasteiger partial charge in [0.05, 0.1) is 0 Å². The van der Waals surface area contributed by atoms with Gasteiger partial charge in [-0.15, -0.1) is 0 Å². The van der Waals surface area contributed by atoms with Gasteiger partial charge in [-0.1, -0.05) is 247 Å². The molecule has 0 rings (SSSR count). The van der Waals surface area contributed by atoms with Gasteiger partial charge in [0.2, 0.25) is 0 Å². The Kier molecular flexibility index (Phi) is 43.7. The van der Waals surface area contributed by atoms with Crippen LogP contribution in [-0.2, 0) is 28.6 Å². The summed E-state index contributed by atoms with van der Waals surface area (Å²) in [5.41, 5.74) is 0. The van der Waals surface area contributed by atoms with Crippen molar-refractivity contribution in [3.63, 3.8) is 0 Å². The highest BCUT2D eigenvalue weighted by atomic mass is 16.6. The summed E-state index contributed by atoms with van der Waals surface area (Å²) < 4.78 is 16.8. The standard InChI is InChI=1S/C52H100O6/c1-6-7-8-9-10-11-12-13-14-15-22-27-32-37-42-50(53)56-45-49(58-52(55)44-39-34-29-24-19-17-21-26-31-36-41-48(4)5)46-57-51(54)43-38-33-28-23-18-16-20-25-30-35-40-47(2)3/h47-49H,6-46H2,1-5H3/t49-/m1/s1. The van der Waals surface area contributed by atoms with Crippen LogP contribution in [-0.4, -0.2) is 37.2 Å². The lowest BCUT2D eigenvalue weighted by atomic mass is 10.0. The molecule has 58 heavy (non-hydrogen) atoms. The van der Waals surface area contributed by atoms with Gasteiger partial charge >= 0.3 is 17.9 Å². The maximum atomic E-state index is 12.8. The molecule has 0 aromatic carbocycles. The summed E-state index contributed by atoms with van der Waals surface area (Å²) in [5, 5.41) is 0. The molecule has 0 saturated carbocycles. The second-order valence-corrected chi connectivity index (χ2v) is 18.8. The Morgan fingerprint density at radius 3 is 0.845 bits per heavy atom. The third-order valence-electron chi connectivity index (χ3n) is 11.7. The van der Waals surface area contributed by atoms with E-state index in [-0.39, 0.29) is 31.1 Å². The van der Waals surface area contributed by atoms with Gasteiger partial charge in [-0.3, -0.25) is 14.4 Å². The molecule has 0 N–H and O–H groups in total. The van der Waals surface area contributed by atoms with Crippen molar-refractivity contribution in [1.82, 2.24) is 0 Å². The van der Waals surface area contributed by atoms with Crippen molar-refractivity contribution in [3.8, 4) is 0 Å². The van der Waals surface area contributed by atoms with Crippen LogP contribution in [0.15, 0.2) is 0 Å². The van der Waals surface area contributed by atoms with Gasteiger partial charge in [0.15, 0.2) is 6.10 Å². The molecule has 0 aliphatic rings. The summed E-state index contributed by atoms with van der Waals surface area (Å²) in [7, 11) is 0. The van der Waals surface area contributed by atoms with Crippen molar-refractivity contribution in [2.75, 3.05) is 13.2 Å². The quantitative estimate of drug-likeness (QED) is 0.0346. The Hall–Kier alpha value is -1.59. The molecule has 0 aromatic heterocycles. The van der Waals surface area contributed by atoms with Crippen molar-refractivity contribution >= 4 is 17.9 Å². The van der Waals surface area contributed by atoms with E-state index in [0.717, 1.165) is 69.6 Å². The SMILES string of the molecule is CCCCCCCCCCCCCCCCC(=O)OC[C@H](COC(=O)CCCCCCCCCCCCC(C)C)OC(=O)CCCCCCCCCCCCC(C)C. The topological polar surface area (TPSA) is 78.9 Å². The average molecular weight is 821 g/mol. The number of esters is 3. The summed E-state index contributed by atoms with van der Waals surface area (Å²) >= 11 is 0. The Bertz CT molecular complexity index is 885. The predicted octanol–water partition coefficient (Wildman–Crippen LogP) is 16.5. The summed E-state index contributed by atoms with van der Waals surface area (Å²) in [6.45, 7) is 11.3. The molecular weight excluding hydrogens is 721 g/mol. The lowest BCUT2D eigenvalue weighted by Gasteiger charge is -2.18. The Morgan fingerprint density at radius 2 is 0.569 bits per heavy atom. The van der Waals surface area contributed by atoms with Crippen molar-refractivity contribution in [1.29, 1.82) is 0 Å². The summed E-state index contributed by atoms with van der Waals surface area (Å²) in [6, 6.07) is 0. The zero-order chi connectivity index (χ0) is 42.6. The van der Waals surface area contributed by atoms with Gasteiger partial charge in [0.1, 0.15) is 13.2 Å². The maximum absolute atomic E-state index is 12.8. The fourth-order valence-corrected chi connectivity index (χ4v) is 7.81. The minimum atomic E-state index is -0.761. The van der Waals surface area contributed by atoms with Crippen LogP contribution in [0.2, 0.25) is 0 Å². The van der Waals surface area contributed by atoms with Gasteiger partial charge in [0.25, 0.3) is 0 Å². The minimum absolute atomic E-state index is 0.0638. The smallest absolute Gasteiger partial charge is 0.306 e. The molecule has 344 valence electrons. The van der Waals surface area contributed by atoms with Crippen molar-refractivity contribution in [3.05, 3.63) is 0 Å². The average Bonchev–Trinajstić information content (AvgIpc) is 3.19. The van der Waals surface area contributed by atoms with Crippen LogP contribution in [0.25, 0.3) is 0 Å². The van der Waals surface area contributed by atoms with E-state index in [1.54, 1.807) is 0 Å². The van der Waals surface area contributed by atoms with Crippen LogP contribution in [0.3, 0.4) is 0 Å². The Labute approximate surface area is 361 Å². The lowest BCUT2D eigenvalue weighted by molar-refractivity contribution is -0.167. The number of hydrogen-bond acceptors (Lipinski definition) is 6. The van der Waals surface area contributed by atoms with Crippen LogP contribution in [0.4, 0.5) is 0 Å². The molecule has 0 saturated heterocycles. The summed E-state index contributed by atoms with van der Waals surface area (Å²) in [4.78, 5) is 37.9. The fourth-order valence-electron chi connectivity index (χ4n) is 7.81. The molecule has 0 aliphatic carbocycles. The molecule has 0 radical (unpaired) electrons. The molecule has 6 heteroatoms. The second-order valence-electron chi connectivity index (χ2n) is 18.8. The summed E-state index contributed by atoms with van der Waals surface area (Å²) in [5.74, 6) is 0.786. The number of unbranched alkanes of at least 4 members (excludes halogenated alkanes) is 31. The number of hydrogen-bond donors (Lipinski definition) is 0. The number of carbonyl (C=O) groups excluding carboxylic acids is 3. The largest absolute Gasteiger partial charge is 0.462 e. The fraction of sp³-hybridized carbons (Fsp3) is 0.942. The van der Waals surface area contributed by atoms with Crippen LogP contribution in [0.1, 0.15) is 285 Å². The van der Waals surface area contributed by atoms with Crippen LogP contribution < -0.4 is 0 Å². The van der Waals surface area contributed by atoms with Crippen LogP contribution in [0, 0.1) is 11.8 Å². The lowest BCUT2D eigenvalue weighted by Crippen LogP contribution is -2.30. The second kappa shape index (κ2) is 44.9. The maximum Gasteiger partial charge on any atom is 0.306 e. The van der Waals surface area contributed by atoms with E-state index in [4.69, 9.17) is 14.2 Å². The normalized spacial score (nSPS) is 12.1. The molecule has 0 bridgehead atoms. The van der Waals surface area contributed by atoms with E-state index < -0.39 is 6.10 Å². The number of ether oxygens (including phenoxy) is 3. The molecule has 0 amide bonds. The Balaban J connectivity index is 4.32. The molecule has 0 fully saturated rings. The van der Waals surface area contributed by atoms with Crippen LogP contribution in [0.5, 0.6) is 0 Å². The van der Waals surface area contributed by atoms with Gasteiger partial charge < -0.3 is 14.2 Å². The van der Waals surface area contributed by atoms with E-state index in [9.17, 15) is 14.4 Å². The first-order chi connectivity index (χ1) is 28.2. The first-order valence-electron chi connectivity index (χ1n) is 25.7. The van der Waals surface area contributed by atoms with E-state index in [0.29, 0.717) is 19.3 Å². The first-order valence-corrected chi connectivity index (χ1v) is 25.7. The number of rotatable bonds is 46. The first kappa shape index (κ1) is 56.4. The van der Waals surface area contributed by atoms with Gasteiger partial charge in [-0.05, 0) is 31.1 Å². The third kappa shape index (κ3) is 45.5. The van der Waals surface area contributed by atoms with Gasteiger partial charge in [-0.2, -0.15) is 0 Å². The highest BCUT2D eigenvalue weighted by Gasteiger charge is 2.19. The van der Waals surface area contributed by atoms with Gasteiger partial charge in [-0.25, -0.2) is 0 Å². The molecule has 6 nitrogen and oxygen atoms in total. The predicted molar refractivity (Wildman–Crippen MR) is 247 cm³/mol. The molecule has 0 spiro atoms. The van der Waals surface area contributed by atoms with Crippen molar-refractivity contribution in [2.24, 2.45) is 11.8 Å². The molecule has 0 aromatic rings. The van der Waals surface area contributed by atoms with E-state index in [1.165, 1.54) is 173 Å². The summed E-state index contributed by atoms with van der Waals surface area (Å²) in [6.07, 6.45) is 45.1. The van der Waals surface area contributed by atoms with Crippen molar-refractivity contribution < 1.29 is 28.6 Å². The molecular formula is C52H100O6. The molecule has 0 heterocycles. The van der Waals surface area contributed by atoms with Gasteiger partial charge in [0, 0.05) is 19.3 Å². The zero-order valence-corrected chi connectivity index (χ0v) is 39.7. The molecule has 1 atom stereocenters.